The quantitative estimate of drug-likeness (QED) is 0.544. The topological polar surface area (TPSA) is 103 Å². The van der Waals surface area contributed by atoms with Crippen molar-refractivity contribution < 1.29 is 33.4 Å². The molecule has 0 aliphatic heterocycles. The summed E-state index contributed by atoms with van der Waals surface area (Å²) >= 11 is 0. The highest BCUT2D eigenvalue weighted by atomic mass is 16.6. The van der Waals surface area contributed by atoms with Gasteiger partial charge in [0.1, 0.15) is 23.9 Å². The maximum atomic E-state index is 12.8. The lowest BCUT2D eigenvalue weighted by Crippen LogP contribution is -2.57. The van der Waals surface area contributed by atoms with Crippen molar-refractivity contribution in [3.63, 3.8) is 0 Å². The van der Waals surface area contributed by atoms with E-state index in [1.54, 1.807) is 40.0 Å². The van der Waals surface area contributed by atoms with Crippen LogP contribution in [0.4, 0.5) is 0 Å². The summed E-state index contributed by atoms with van der Waals surface area (Å²) in [5.41, 5.74) is 1.03. The van der Waals surface area contributed by atoms with E-state index in [0.717, 1.165) is 16.9 Å². The van der Waals surface area contributed by atoms with Gasteiger partial charge in [-0.2, -0.15) is 0 Å². The molecule has 1 fully saturated rings. The Bertz CT molecular complexity index is 909. The molecule has 31 heavy (non-hydrogen) atoms. The minimum absolute atomic E-state index is 0.0932. The number of carbonyl (C=O) groups excluding carboxylic acids is 2. The molecule has 1 heterocycles. The number of hydrogen-bond donors (Lipinski definition) is 1. The maximum absolute atomic E-state index is 12.8. The van der Waals surface area contributed by atoms with Crippen molar-refractivity contribution in [1.29, 1.82) is 0 Å². The molecule has 7 nitrogen and oxygen atoms in total. The van der Waals surface area contributed by atoms with Crippen LogP contribution in [0.2, 0.25) is 0 Å². The van der Waals surface area contributed by atoms with Gasteiger partial charge in [-0.3, -0.25) is 9.59 Å². The maximum Gasteiger partial charge on any atom is 0.334 e. The Labute approximate surface area is 182 Å². The van der Waals surface area contributed by atoms with E-state index in [2.05, 4.69) is 0 Å². The zero-order valence-corrected chi connectivity index (χ0v) is 19.1. The van der Waals surface area contributed by atoms with E-state index in [0.29, 0.717) is 24.8 Å². The van der Waals surface area contributed by atoms with Crippen molar-refractivity contribution in [3.8, 4) is 0 Å². The third kappa shape index (κ3) is 3.90. The number of hydrogen-bond acceptors (Lipinski definition) is 6. The van der Waals surface area contributed by atoms with Gasteiger partial charge < -0.3 is 19.0 Å². The van der Waals surface area contributed by atoms with Crippen LogP contribution >= 0.6 is 0 Å². The van der Waals surface area contributed by atoms with Crippen LogP contribution in [0.5, 0.6) is 0 Å². The number of carboxylic acids is 1. The minimum Gasteiger partial charge on any atom is -0.481 e. The first-order valence-electron chi connectivity index (χ1n) is 10.9. The Morgan fingerprint density at radius 3 is 2.52 bits per heavy atom. The van der Waals surface area contributed by atoms with Crippen LogP contribution in [-0.2, 0) is 30.3 Å². The highest BCUT2D eigenvalue weighted by Gasteiger charge is 2.62. The van der Waals surface area contributed by atoms with Gasteiger partial charge in [0.25, 0.3) is 0 Å². The van der Waals surface area contributed by atoms with E-state index >= 15 is 0 Å². The Balaban J connectivity index is 2.11. The van der Waals surface area contributed by atoms with Crippen molar-refractivity contribution in [2.75, 3.05) is 0 Å². The molecular formula is C24H32O7. The molecule has 0 bridgehead atoms. The average molecular weight is 433 g/mol. The Hall–Kier alpha value is -2.57. The smallest absolute Gasteiger partial charge is 0.334 e. The fourth-order valence-corrected chi connectivity index (χ4v) is 5.09. The fourth-order valence-electron chi connectivity index (χ4n) is 5.09. The molecule has 5 unspecified atom stereocenters. The van der Waals surface area contributed by atoms with E-state index < -0.39 is 41.4 Å². The van der Waals surface area contributed by atoms with Gasteiger partial charge >= 0.3 is 17.9 Å². The number of allylic oxidation sites excluding steroid dienone is 1. The van der Waals surface area contributed by atoms with Crippen LogP contribution in [0.3, 0.4) is 0 Å². The predicted octanol–water partition coefficient (Wildman–Crippen LogP) is 4.38. The van der Waals surface area contributed by atoms with Gasteiger partial charge in [0, 0.05) is 23.0 Å². The Morgan fingerprint density at radius 1 is 1.26 bits per heavy atom. The lowest BCUT2D eigenvalue weighted by molar-refractivity contribution is -0.199. The van der Waals surface area contributed by atoms with E-state index in [4.69, 9.17) is 13.9 Å². The van der Waals surface area contributed by atoms with Crippen LogP contribution in [0.25, 0.3) is 0 Å². The first kappa shape index (κ1) is 23.1. The van der Waals surface area contributed by atoms with E-state index in [9.17, 15) is 19.5 Å². The summed E-state index contributed by atoms with van der Waals surface area (Å²) in [6.07, 6.45) is 3.34. The summed E-state index contributed by atoms with van der Waals surface area (Å²) in [6, 6.07) is 0. The number of carbonyl (C=O) groups is 3. The molecule has 0 saturated heterocycles. The van der Waals surface area contributed by atoms with Crippen LogP contribution in [0, 0.1) is 30.1 Å². The Kier molecular flexibility index (Phi) is 6.35. The third-order valence-corrected chi connectivity index (χ3v) is 7.07. The molecule has 1 aromatic rings. The molecule has 1 aromatic heterocycles. The molecule has 3 rings (SSSR count). The highest BCUT2D eigenvalue weighted by Crippen LogP contribution is 2.60. The summed E-state index contributed by atoms with van der Waals surface area (Å²) < 4.78 is 17.4. The number of ether oxygens (including phenoxy) is 2. The first-order chi connectivity index (χ1) is 14.5. The molecule has 2 aliphatic carbocycles. The largest absolute Gasteiger partial charge is 0.481 e. The molecule has 2 aliphatic rings. The normalized spacial score (nSPS) is 30.4. The summed E-state index contributed by atoms with van der Waals surface area (Å²) in [6.45, 7) is 10.6. The summed E-state index contributed by atoms with van der Waals surface area (Å²) in [5.74, 6) is -2.71. The predicted molar refractivity (Wildman–Crippen MR) is 112 cm³/mol. The number of rotatable bonds is 5. The number of aliphatic carboxylic acids is 1. The molecule has 0 amide bonds. The van der Waals surface area contributed by atoms with Crippen molar-refractivity contribution in [1.82, 2.24) is 0 Å². The molecule has 170 valence electrons. The summed E-state index contributed by atoms with van der Waals surface area (Å²) in [4.78, 5) is 37.7. The van der Waals surface area contributed by atoms with Crippen LogP contribution in [0.15, 0.2) is 22.3 Å². The van der Waals surface area contributed by atoms with Gasteiger partial charge in [0.15, 0.2) is 0 Å². The highest BCUT2D eigenvalue weighted by molar-refractivity contribution is 5.88. The number of carboxylic acid groups (broad SMARTS) is 1. The number of esters is 2. The average Bonchev–Trinajstić information content (AvgIpc) is 3.07. The summed E-state index contributed by atoms with van der Waals surface area (Å²) in [7, 11) is 0. The van der Waals surface area contributed by atoms with Gasteiger partial charge in [-0.1, -0.05) is 26.8 Å². The van der Waals surface area contributed by atoms with Gasteiger partial charge in [-0.15, -0.1) is 0 Å². The molecule has 5 atom stereocenters. The minimum atomic E-state index is -1.05. The SMILES string of the molecule is CC=C(C)C(=O)OC1c2c(C)coc2CC2CCC(OC(=O)C(C)C)C(C(=O)O)C21C. The lowest BCUT2D eigenvalue weighted by atomic mass is 9.53. The van der Waals surface area contributed by atoms with Crippen molar-refractivity contribution in [3.05, 3.63) is 34.8 Å². The second kappa shape index (κ2) is 8.52. The van der Waals surface area contributed by atoms with Gasteiger partial charge in [0.05, 0.1) is 12.2 Å². The number of aryl methyl sites for hydroxylation is 1. The van der Waals surface area contributed by atoms with Crippen molar-refractivity contribution in [2.24, 2.45) is 23.2 Å². The molecular weight excluding hydrogens is 400 g/mol. The van der Waals surface area contributed by atoms with Crippen LogP contribution in [-0.4, -0.2) is 29.1 Å². The third-order valence-electron chi connectivity index (χ3n) is 7.07. The second-order valence-electron chi connectivity index (χ2n) is 9.30. The second-order valence-corrected chi connectivity index (χ2v) is 9.30. The standard InChI is InChI=1S/C24H32O7/c1-7-13(4)23(28)31-20-18-14(5)11-29-17(18)10-15-8-9-16(30-22(27)12(2)3)19(21(25)26)24(15,20)6/h7,11-12,15-16,19-20H,8-10H2,1-6H3,(H,25,26). The number of furan rings is 1. The molecule has 0 aromatic carbocycles. The molecule has 7 heteroatoms. The Morgan fingerprint density at radius 2 is 1.94 bits per heavy atom. The van der Waals surface area contributed by atoms with Crippen LogP contribution < -0.4 is 0 Å². The zero-order valence-electron chi connectivity index (χ0n) is 19.1. The molecule has 1 N–H and O–H groups in total. The van der Waals surface area contributed by atoms with Gasteiger partial charge in [-0.05, 0) is 45.1 Å². The van der Waals surface area contributed by atoms with Crippen molar-refractivity contribution >= 4 is 17.9 Å². The van der Waals surface area contributed by atoms with E-state index in [-0.39, 0.29) is 11.8 Å². The van der Waals surface area contributed by atoms with Gasteiger partial charge in [0.2, 0.25) is 0 Å². The monoisotopic (exact) mass is 432 g/mol. The lowest BCUT2D eigenvalue weighted by Gasteiger charge is -2.53. The van der Waals surface area contributed by atoms with Crippen molar-refractivity contribution in [2.45, 2.75) is 73.0 Å². The molecule has 0 spiro atoms. The fraction of sp³-hybridized carbons (Fsp3) is 0.625. The first-order valence-corrected chi connectivity index (χ1v) is 10.9. The number of fused-ring (bicyclic) bond motifs is 2. The van der Waals surface area contributed by atoms with E-state index in [1.807, 2.05) is 13.8 Å². The van der Waals surface area contributed by atoms with Gasteiger partial charge in [-0.25, -0.2) is 4.79 Å². The molecule has 0 radical (unpaired) electrons. The summed E-state index contributed by atoms with van der Waals surface area (Å²) in [5, 5.41) is 10.3. The van der Waals surface area contributed by atoms with E-state index in [1.165, 1.54) is 0 Å². The zero-order chi connectivity index (χ0) is 23.1. The molecule has 1 saturated carbocycles. The van der Waals surface area contributed by atoms with Crippen LogP contribution in [0.1, 0.15) is 70.5 Å².